The lowest BCUT2D eigenvalue weighted by molar-refractivity contribution is 0.276. The zero-order valence-electron chi connectivity index (χ0n) is 8.42. The largest absolute Gasteiger partial charge is 0.395 e. The molecule has 0 fully saturated rings. The lowest BCUT2D eigenvalue weighted by Gasteiger charge is -2.21. The summed E-state index contributed by atoms with van der Waals surface area (Å²) < 4.78 is 0. The molecule has 0 aromatic carbocycles. The fourth-order valence-electron chi connectivity index (χ4n) is 1.09. The molecule has 2 atom stereocenters. The van der Waals surface area contributed by atoms with E-state index in [4.69, 9.17) is 11.5 Å². The lowest BCUT2D eigenvalue weighted by Crippen LogP contribution is -2.37. The quantitative estimate of drug-likeness (QED) is 0.478. The number of aliphatic hydroxyl groups is 1. The van der Waals surface area contributed by atoms with E-state index in [9.17, 15) is 0 Å². The third-order valence-electron chi connectivity index (χ3n) is 2.00. The van der Waals surface area contributed by atoms with Gasteiger partial charge < -0.3 is 10.4 Å². The van der Waals surface area contributed by atoms with Gasteiger partial charge in [-0.2, -0.15) is 11.8 Å². The van der Waals surface area contributed by atoms with Crippen LogP contribution in [0.25, 0.3) is 0 Å². The van der Waals surface area contributed by atoms with Gasteiger partial charge in [0.25, 0.3) is 0 Å². The van der Waals surface area contributed by atoms with Gasteiger partial charge in [-0.15, -0.1) is 12.3 Å². The maximum atomic E-state index is 9.01. The minimum atomic E-state index is 0.227. The van der Waals surface area contributed by atoms with Crippen molar-refractivity contribution in [1.29, 1.82) is 0 Å². The van der Waals surface area contributed by atoms with Gasteiger partial charge in [0.1, 0.15) is 0 Å². The van der Waals surface area contributed by atoms with Crippen molar-refractivity contribution in [3.05, 3.63) is 0 Å². The molecule has 0 aliphatic carbocycles. The molecule has 2 N–H and O–H groups in total. The number of rotatable bonds is 7. The van der Waals surface area contributed by atoms with Crippen LogP contribution in [0.4, 0.5) is 0 Å². The minimum Gasteiger partial charge on any atom is -0.395 e. The number of thioether (sulfide) groups is 1. The van der Waals surface area contributed by atoms with E-state index in [1.54, 1.807) is 11.8 Å². The molecule has 0 aromatic rings. The number of hydrogen-bond donors (Lipinski definition) is 2. The Morgan fingerprint density at radius 1 is 1.62 bits per heavy atom. The summed E-state index contributed by atoms with van der Waals surface area (Å²) >= 11 is 1.69. The van der Waals surface area contributed by atoms with E-state index < -0.39 is 0 Å². The van der Waals surface area contributed by atoms with Crippen LogP contribution >= 0.6 is 11.8 Å². The molecule has 0 radical (unpaired) electrons. The van der Waals surface area contributed by atoms with Gasteiger partial charge in [0.05, 0.1) is 6.61 Å². The maximum absolute atomic E-state index is 9.01. The molecule has 0 spiro atoms. The van der Waals surface area contributed by atoms with Crippen molar-refractivity contribution in [1.82, 2.24) is 5.32 Å². The number of terminal acetylenes is 1. The zero-order valence-corrected chi connectivity index (χ0v) is 9.23. The molecular formula is C10H19NOS. The van der Waals surface area contributed by atoms with Crippen LogP contribution in [0.15, 0.2) is 0 Å². The summed E-state index contributed by atoms with van der Waals surface area (Å²) in [5, 5.41) is 12.6. The third-order valence-corrected chi connectivity index (χ3v) is 3.17. The molecule has 2 unspecified atom stereocenters. The highest BCUT2D eigenvalue weighted by Crippen LogP contribution is 2.09. The number of aliphatic hydroxyl groups excluding tert-OH is 1. The van der Waals surface area contributed by atoms with Gasteiger partial charge in [-0.25, -0.2) is 0 Å². The SMILES string of the molecule is C#CCCCNC(C)C(CO)SC. The number of nitrogens with one attached hydrogen (secondary N) is 1. The molecule has 13 heavy (non-hydrogen) atoms. The van der Waals surface area contributed by atoms with Gasteiger partial charge in [0, 0.05) is 17.7 Å². The summed E-state index contributed by atoms with van der Waals surface area (Å²) in [6.07, 6.45) is 8.98. The molecule has 0 bridgehead atoms. The van der Waals surface area contributed by atoms with Crippen molar-refractivity contribution < 1.29 is 5.11 Å². The molecule has 3 heteroatoms. The highest BCUT2D eigenvalue weighted by Gasteiger charge is 2.13. The molecule has 0 aliphatic heterocycles. The Labute approximate surface area is 85.5 Å². The first-order chi connectivity index (χ1) is 6.26. The lowest BCUT2D eigenvalue weighted by atomic mass is 10.2. The average Bonchev–Trinajstić information content (AvgIpc) is 2.14. The fourth-order valence-corrected chi connectivity index (χ4v) is 1.74. The Bertz CT molecular complexity index is 151. The Morgan fingerprint density at radius 2 is 2.31 bits per heavy atom. The van der Waals surface area contributed by atoms with Crippen molar-refractivity contribution in [3.8, 4) is 12.3 Å². The summed E-state index contributed by atoms with van der Waals surface area (Å²) in [6.45, 7) is 3.25. The van der Waals surface area contributed by atoms with E-state index in [0.717, 1.165) is 19.4 Å². The standard InChI is InChI=1S/C10H19NOS/c1-4-5-6-7-11-9(2)10(8-12)13-3/h1,9-12H,5-8H2,2-3H3. The van der Waals surface area contributed by atoms with Crippen LogP contribution in [-0.4, -0.2) is 35.8 Å². The van der Waals surface area contributed by atoms with Crippen molar-refractivity contribution in [3.63, 3.8) is 0 Å². The van der Waals surface area contributed by atoms with Gasteiger partial charge in [-0.3, -0.25) is 0 Å². The molecule has 76 valence electrons. The van der Waals surface area contributed by atoms with E-state index in [1.807, 2.05) is 6.26 Å². The molecule has 0 aliphatic rings. The summed E-state index contributed by atoms with van der Waals surface area (Å²) in [4.78, 5) is 0. The molecular weight excluding hydrogens is 182 g/mol. The average molecular weight is 201 g/mol. The zero-order chi connectivity index (χ0) is 10.1. The highest BCUT2D eigenvalue weighted by atomic mass is 32.2. The Kier molecular flexibility index (Phi) is 8.32. The third kappa shape index (κ3) is 5.98. The van der Waals surface area contributed by atoms with E-state index in [1.165, 1.54) is 0 Å². The number of hydrogen-bond acceptors (Lipinski definition) is 3. The summed E-state index contributed by atoms with van der Waals surface area (Å²) in [7, 11) is 0. The van der Waals surface area contributed by atoms with Gasteiger partial charge in [-0.05, 0) is 26.1 Å². The van der Waals surface area contributed by atoms with Crippen LogP contribution in [0.2, 0.25) is 0 Å². The van der Waals surface area contributed by atoms with Crippen LogP contribution in [0.5, 0.6) is 0 Å². The molecule has 0 saturated heterocycles. The first-order valence-electron chi connectivity index (χ1n) is 4.56. The predicted molar refractivity (Wildman–Crippen MR) is 59.9 cm³/mol. The van der Waals surface area contributed by atoms with Crippen LogP contribution in [0.1, 0.15) is 19.8 Å². The molecule has 0 saturated carbocycles. The van der Waals surface area contributed by atoms with E-state index >= 15 is 0 Å². The van der Waals surface area contributed by atoms with Gasteiger partial charge in [0.15, 0.2) is 0 Å². The van der Waals surface area contributed by atoms with Crippen molar-refractivity contribution in [2.24, 2.45) is 0 Å². The minimum absolute atomic E-state index is 0.227. The smallest absolute Gasteiger partial charge is 0.0564 e. The van der Waals surface area contributed by atoms with Crippen LogP contribution in [-0.2, 0) is 0 Å². The highest BCUT2D eigenvalue weighted by molar-refractivity contribution is 7.99. The fraction of sp³-hybridized carbons (Fsp3) is 0.800. The van der Waals surface area contributed by atoms with Gasteiger partial charge >= 0.3 is 0 Å². The van der Waals surface area contributed by atoms with Crippen LogP contribution < -0.4 is 5.32 Å². The maximum Gasteiger partial charge on any atom is 0.0564 e. The van der Waals surface area contributed by atoms with Crippen LogP contribution in [0.3, 0.4) is 0 Å². The van der Waals surface area contributed by atoms with Gasteiger partial charge in [0.2, 0.25) is 0 Å². The molecule has 0 heterocycles. The second-order valence-electron chi connectivity index (χ2n) is 3.01. The first-order valence-corrected chi connectivity index (χ1v) is 5.85. The number of unbranched alkanes of at least 4 members (excludes halogenated alkanes) is 1. The van der Waals surface area contributed by atoms with Gasteiger partial charge in [-0.1, -0.05) is 0 Å². The molecule has 0 rings (SSSR count). The Balaban J connectivity index is 3.49. The van der Waals surface area contributed by atoms with E-state index in [0.29, 0.717) is 6.04 Å². The van der Waals surface area contributed by atoms with Crippen molar-refractivity contribution >= 4 is 11.8 Å². The van der Waals surface area contributed by atoms with Crippen LogP contribution in [0, 0.1) is 12.3 Å². The predicted octanol–water partition coefficient (Wildman–Crippen LogP) is 1.10. The first kappa shape index (κ1) is 12.8. The topological polar surface area (TPSA) is 32.3 Å². The summed E-state index contributed by atoms with van der Waals surface area (Å²) in [5.74, 6) is 2.60. The van der Waals surface area contributed by atoms with E-state index in [2.05, 4.69) is 18.2 Å². The summed E-state index contributed by atoms with van der Waals surface area (Å²) in [6, 6.07) is 0.345. The molecule has 2 nitrogen and oxygen atoms in total. The summed E-state index contributed by atoms with van der Waals surface area (Å²) in [5.41, 5.74) is 0. The Hall–Kier alpha value is -0.170. The van der Waals surface area contributed by atoms with Crippen molar-refractivity contribution in [2.75, 3.05) is 19.4 Å². The Morgan fingerprint density at radius 3 is 2.77 bits per heavy atom. The second kappa shape index (κ2) is 8.43. The monoisotopic (exact) mass is 201 g/mol. The molecule has 0 aromatic heterocycles. The normalized spacial score (nSPS) is 14.9. The second-order valence-corrected chi connectivity index (χ2v) is 4.08. The van der Waals surface area contributed by atoms with Crippen molar-refractivity contribution in [2.45, 2.75) is 31.1 Å². The molecule has 0 amide bonds. The van der Waals surface area contributed by atoms with E-state index in [-0.39, 0.29) is 11.9 Å².